The van der Waals surface area contributed by atoms with Crippen molar-refractivity contribution in [1.82, 2.24) is 0 Å². The first-order chi connectivity index (χ1) is 7.63. The Balaban J connectivity index is 2.60. The lowest BCUT2D eigenvalue weighted by molar-refractivity contribution is -0.137. The van der Waals surface area contributed by atoms with Crippen LogP contribution in [0, 0.1) is 0 Å². The van der Waals surface area contributed by atoms with Crippen molar-refractivity contribution in [3.63, 3.8) is 0 Å². The Labute approximate surface area is 94.5 Å². The number of aryl methyl sites for hydroxylation is 1. The molecule has 0 aliphatic heterocycles. The third-order valence-corrected chi connectivity index (χ3v) is 2.18. The predicted molar refractivity (Wildman–Crippen MR) is 59.8 cm³/mol. The number of carboxylic acid groups (broad SMARTS) is 1. The lowest BCUT2D eigenvalue weighted by Gasteiger charge is -2.07. The van der Waals surface area contributed by atoms with E-state index < -0.39 is 5.97 Å². The van der Waals surface area contributed by atoms with Gasteiger partial charge in [0.05, 0.1) is 6.61 Å². The van der Waals surface area contributed by atoms with Gasteiger partial charge in [0.15, 0.2) is 11.5 Å². The van der Waals surface area contributed by atoms with Gasteiger partial charge in [0.1, 0.15) is 0 Å². The summed E-state index contributed by atoms with van der Waals surface area (Å²) in [6.07, 6.45) is 1.42. The van der Waals surface area contributed by atoms with E-state index in [9.17, 15) is 9.90 Å². The molecule has 4 nitrogen and oxygen atoms in total. The first-order valence-corrected chi connectivity index (χ1v) is 5.30. The fourth-order valence-electron chi connectivity index (χ4n) is 1.43. The second-order valence-electron chi connectivity index (χ2n) is 3.48. The predicted octanol–water partition coefficient (Wildman–Crippen LogP) is 2.20. The van der Waals surface area contributed by atoms with Crippen LogP contribution in [-0.2, 0) is 11.2 Å². The highest BCUT2D eigenvalue weighted by molar-refractivity contribution is 5.66. The van der Waals surface area contributed by atoms with Crippen LogP contribution in [0.15, 0.2) is 18.2 Å². The molecule has 1 aromatic rings. The Bertz CT molecular complexity index is 360. The zero-order valence-corrected chi connectivity index (χ0v) is 9.27. The Morgan fingerprint density at radius 2 is 2.19 bits per heavy atom. The summed E-state index contributed by atoms with van der Waals surface area (Å²) in [6.45, 7) is 2.34. The maximum atomic E-state index is 10.3. The summed E-state index contributed by atoms with van der Waals surface area (Å²) in [5.74, 6) is -0.219. The van der Waals surface area contributed by atoms with Gasteiger partial charge >= 0.3 is 5.97 Å². The fourth-order valence-corrected chi connectivity index (χ4v) is 1.43. The molecule has 4 heteroatoms. The van der Waals surface area contributed by atoms with E-state index in [1.165, 1.54) is 0 Å². The van der Waals surface area contributed by atoms with Crippen LogP contribution in [0.3, 0.4) is 0 Å². The molecule has 0 amide bonds. The highest BCUT2D eigenvalue weighted by Crippen LogP contribution is 2.27. The number of hydrogen-bond donors (Lipinski definition) is 2. The molecule has 2 N–H and O–H groups in total. The summed E-state index contributed by atoms with van der Waals surface area (Å²) >= 11 is 0. The Kier molecular flexibility index (Phi) is 4.64. The lowest BCUT2D eigenvalue weighted by Crippen LogP contribution is -1.97. The molecule has 0 unspecified atom stereocenters. The van der Waals surface area contributed by atoms with E-state index in [-0.39, 0.29) is 12.2 Å². The van der Waals surface area contributed by atoms with Gasteiger partial charge in [0, 0.05) is 6.42 Å². The Hall–Kier alpha value is -1.71. The fraction of sp³-hybridized carbons (Fsp3) is 0.417. The summed E-state index contributed by atoms with van der Waals surface area (Å²) in [7, 11) is 0. The van der Waals surface area contributed by atoms with Gasteiger partial charge in [-0.15, -0.1) is 0 Å². The molecule has 0 radical (unpaired) electrons. The van der Waals surface area contributed by atoms with Crippen LogP contribution in [0.2, 0.25) is 0 Å². The minimum absolute atomic E-state index is 0.115. The quantitative estimate of drug-likeness (QED) is 0.777. The molecule has 0 atom stereocenters. The number of rotatable bonds is 6. The van der Waals surface area contributed by atoms with E-state index in [0.29, 0.717) is 25.2 Å². The summed E-state index contributed by atoms with van der Waals surface area (Å²) in [5.41, 5.74) is 0.975. The van der Waals surface area contributed by atoms with Crippen molar-refractivity contribution in [2.24, 2.45) is 0 Å². The number of ether oxygens (including phenoxy) is 1. The zero-order chi connectivity index (χ0) is 12.0. The molecule has 16 heavy (non-hydrogen) atoms. The number of aliphatic carboxylic acids is 1. The first-order valence-electron chi connectivity index (χ1n) is 5.30. The summed E-state index contributed by atoms with van der Waals surface area (Å²) < 4.78 is 5.24. The number of carbonyl (C=O) groups is 1. The third-order valence-electron chi connectivity index (χ3n) is 2.18. The topological polar surface area (TPSA) is 66.8 Å². The van der Waals surface area contributed by atoms with Crippen molar-refractivity contribution in [2.45, 2.75) is 26.2 Å². The summed E-state index contributed by atoms with van der Waals surface area (Å²) in [6, 6.07) is 5.10. The average molecular weight is 224 g/mol. The number of carboxylic acids is 1. The number of benzene rings is 1. The number of phenolic OH excluding ortho intramolecular Hbond substituents is 1. The van der Waals surface area contributed by atoms with Gasteiger partial charge in [0.2, 0.25) is 0 Å². The molecule has 0 saturated carbocycles. The minimum atomic E-state index is -0.788. The number of hydrogen-bond acceptors (Lipinski definition) is 3. The second kappa shape index (κ2) is 6.00. The molecule has 0 fully saturated rings. The van der Waals surface area contributed by atoms with Crippen LogP contribution < -0.4 is 4.74 Å². The first kappa shape index (κ1) is 12.4. The van der Waals surface area contributed by atoms with E-state index in [4.69, 9.17) is 9.84 Å². The van der Waals surface area contributed by atoms with Gasteiger partial charge in [-0.3, -0.25) is 4.79 Å². The molecule has 0 saturated heterocycles. The van der Waals surface area contributed by atoms with Crippen LogP contribution in [-0.4, -0.2) is 22.8 Å². The monoisotopic (exact) mass is 224 g/mol. The second-order valence-corrected chi connectivity index (χ2v) is 3.48. The summed E-state index contributed by atoms with van der Waals surface area (Å²) in [4.78, 5) is 10.3. The molecule has 1 aromatic carbocycles. The zero-order valence-electron chi connectivity index (χ0n) is 9.27. The Morgan fingerprint density at radius 3 is 2.81 bits per heavy atom. The standard InChI is InChI=1S/C12H16O4/c1-2-16-11-8-9(6-7-10(11)13)4-3-5-12(14)15/h6-8,13H,2-5H2,1H3,(H,14,15). The summed E-state index contributed by atoms with van der Waals surface area (Å²) in [5, 5.41) is 18.0. The molecular formula is C12H16O4. The third kappa shape index (κ3) is 3.81. The minimum Gasteiger partial charge on any atom is -0.504 e. The highest BCUT2D eigenvalue weighted by Gasteiger charge is 2.04. The van der Waals surface area contributed by atoms with Gasteiger partial charge in [0.25, 0.3) is 0 Å². The van der Waals surface area contributed by atoms with E-state index in [2.05, 4.69) is 0 Å². The van der Waals surface area contributed by atoms with Crippen molar-refractivity contribution in [3.05, 3.63) is 23.8 Å². The highest BCUT2D eigenvalue weighted by atomic mass is 16.5. The molecule has 0 spiro atoms. The molecular weight excluding hydrogens is 208 g/mol. The Morgan fingerprint density at radius 1 is 1.44 bits per heavy atom. The molecule has 0 heterocycles. The van der Waals surface area contributed by atoms with Gasteiger partial charge in [-0.2, -0.15) is 0 Å². The SMILES string of the molecule is CCOc1cc(CCCC(=O)O)ccc1O. The normalized spacial score (nSPS) is 10.1. The lowest BCUT2D eigenvalue weighted by atomic mass is 10.1. The van der Waals surface area contributed by atoms with Crippen LogP contribution in [0.25, 0.3) is 0 Å². The molecule has 0 aromatic heterocycles. The van der Waals surface area contributed by atoms with Crippen molar-refractivity contribution < 1.29 is 19.7 Å². The van der Waals surface area contributed by atoms with E-state index in [1.54, 1.807) is 18.2 Å². The van der Waals surface area contributed by atoms with Gasteiger partial charge < -0.3 is 14.9 Å². The van der Waals surface area contributed by atoms with Crippen LogP contribution in [0.1, 0.15) is 25.3 Å². The molecule has 0 aliphatic rings. The van der Waals surface area contributed by atoms with Crippen LogP contribution in [0.5, 0.6) is 11.5 Å². The van der Waals surface area contributed by atoms with Crippen molar-refractivity contribution in [2.75, 3.05) is 6.61 Å². The van der Waals surface area contributed by atoms with Crippen LogP contribution in [0.4, 0.5) is 0 Å². The smallest absolute Gasteiger partial charge is 0.303 e. The maximum Gasteiger partial charge on any atom is 0.303 e. The molecule has 0 aliphatic carbocycles. The maximum absolute atomic E-state index is 10.3. The van der Waals surface area contributed by atoms with Crippen LogP contribution >= 0.6 is 0 Å². The van der Waals surface area contributed by atoms with Crippen molar-refractivity contribution >= 4 is 5.97 Å². The van der Waals surface area contributed by atoms with E-state index >= 15 is 0 Å². The van der Waals surface area contributed by atoms with E-state index in [1.807, 2.05) is 6.92 Å². The van der Waals surface area contributed by atoms with E-state index in [0.717, 1.165) is 5.56 Å². The molecule has 0 bridgehead atoms. The van der Waals surface area contributed by atoms with Gasteiger partial charge in [-0.05, 0) is 37.5 Å². The average Bonchev–Trinajstić information content (AvgIpc) is 2.22. The van der Waals surface area contributed by atoms with Gasteiger partial charge in [-0.25, -0.2) is 0 Å². The molecule has 1 rings (SSSR count). The van der Waals surface area contributed by atoms with Gasteiger partial charge in [-0.1, -0.05) is 6.07 Å². The van der Waals surface area contributed by atoms with Crippen molar-refractivity contribution in [1.29, 1.82) is 0 Å². The largest absolute Gasteiger partial charge is 0.504 e. The number of aromatic hydroxyl groups is 1. The van der Waals surface area contributed by atoms with Crippen molar-refractivity contribution in [3.8, 4) is 11.5 Å². The molecule has 88 valence electrons. The number of phenols is 1.